The van der Waals surface area contributed by atoms with Gasteiger partial charge in [-0.3, -0.25) is 19.2 Å². The summed E-state index contributed by atoms with van der Waals surface area (Å²) in [6.45, 7) is 0. The number of aromatic carboxylic acids is 1. The predicted molar refractivity (Wildman–Crippen MR) is 210 cm³/mol. The molecule has 0 fully saturated rings. The van der Waals surface area contributed by atoms with Crippen molar-refractivity contribution < 1.29 is 48.8 Å². The van der Waals surface area contributed by atoms with Crippen molar-refractivity contribution in [2.45, 2.75) is 6.29 Å². The standard InChI is InChI=1S/C40H20Cl4N2O10/c1-55-25-7-13(3-5-15(25)39(51)52)45-35(47)17-9-21(41)29-31-23(43)11-19-28-20(38(50)46(37(19)49)14-4-6-16(40(53)54)26(8-14)56-2)12-24(44)32(34(28)31)30-22(42)10-18(36(45)48)27(17)33(29)30/h3-12,39,51-52H,1-2H3,(H,53,54). The van der Waals surface area contributed by atoms with E-state index in [0.29, 0.717) is 10.8 Å². The quantitative estimate of drug-likeness (QED) is 0.0638. The Morgan fingerprint density at radius 2 is 0.893 bits per heavy atom. The first-order valence-electron chi connectivity index (χ1n) is 16.4. The smallest absolute Gasteiger partial charge is 0.339 e. The van der Waals surface area contributed by atoms with E-state index < -0.39 is 35.9 Å². The van der Waals surface area contributed by atoms with E-state index in [4.69, 9.17) is 55.9 Å². The van der Waals surface area contributed by atoms with E-state index in [1.807, 2.05) is 0 Å². The van der Waals surface area contributed by atoms with Crippen molar-refractivity contribution in [3.63, 3.8) is 0 Å². The molecule has 0 saturated heterocycles. The van der Waals surface area contributed by atoms with Gasteiger partial charge < -0.3 is 24.8 Å². The molecule has 0 aromatic heterocycles. The second kappa shape index (κ2) is 12.4. The fourth-order valence-corrected chi connectivity index (χ4v) is 9.17. The molecule has 7 aromatic rings. The number of ether oxygens (including phenoxy) is 2. The minimum atomic E-state index is -1.88. The number of hydrogen-bond acceptors (Lipinski definition) is 9. The van der Waals surface area contributed by atoms with Gasteiger partial charge in [-0.15, -0.1) is 0 Å². The summed E-state index contributed by atoms with van der Waals surface area (Å²) in [5, 5.41) is 31.4. The lowest BCUT2D eigenvalue weighted by Crippen LogP contribution is -2.40. The van der Waals surface area contributed by atoms with Crippen LogP contribution in [0, 0.1) is 0 Å². The highest BCUT2D eigenvalue weighted by atomic mass is 35.5. The molecular weight excluding hydrogens is 810 g/mol. The van der Waals surface area contributed by atoms with Crippen molar-refractivity contribution in [1.29, 1.82) is 0 Å². The third-order valence-electron chi connectivity index (χ3n) is 10.3. The van der Waals surface area contributed by atoms with E-state index in [0.717, 1.165) is 9.80 Å². The summed E-state index contributed by atoms with van der Waals surface area (Å²) in [6.07, 6.45) is -1.88. The number of carbonyl (C=O) groups is 5. The third kappa shape index (κ3) is 4.65. The predicted octanol–water partition coefficient (Wildman–Crippen LogP) is 8.65. The van der Waals surface area contributed by atoms with Gasteiger partial charge in [-0.1, -0.05) is 46.4 Å². The van der Waals surface area contributed by atoms with Gasteiger partial charge in [0.15, 0.2) is 6.29 Å². The Balaban J connectivity index is 1.32. The van der Waals surface area contributed by atoms with Crippen LogP contribution in [0.4, 0.5) is 11.4 Å². The molecule has 2 aliphatic heterocycles. The van der Waals surface area contributed by atoms with Gasteiger partial charge in [-0.2, -0.15) is 0 Å². The van der Waals surface area contributed by atoms with Gasteiger partial charge in [-0.05, 0) is 48.5 Å². The zero-order chi connectivity index (χ0) is 39.8. The van der Waals surface area contributed by atoms with Crippen LogP contribution in [-0.2, 0) is 0 Å². The molecule has 0 radical (unpaired) electrons. The lowest BCUT2D eigenvalue weighted by atomic mass is 9.82. The molecule has 12 nitrogen and oxygen atoms in total. The summed E-state index contributed by atoms with van der Waals surface area (Å²) in [5.41, 5.74) is 0.0721. The molecule has 7 aromatic carbocycles. The Kier molecular flexibility index (Phi) is 7.95. The first-order valence-corrected chi connectivity index (χ1v) is 17.9. The monoisotopic (exact) mass is 828 g/mol. The number of imide groups is 2. The molecule has 2 heterocycles. The van der Waals surface area contributed by atoms with Crippen molar-refractivity contribution in [3.05, 3.63) is 114 Å². The van der Waals surface area contributed by atoms with E-state index in [9.17, 15) is 39.3 Å². The van der Waals surface area contributed by atoms with Gasteiger partial charge in [0.1, 0.15) is 17.1 Å². The number of methoxy groups -OCH3 is 2. The number of aliphatic hydroxyl groups is 2. The molecule has 0 bridgehead atoms. The summed E-state index contributed by atoms with van der Waals surface area (Å²) < 4.78 is 10.5. The number of aliphatic hydroxyl groups excluding tert-OH is 1. The van der Waals surface area contributed by atoms with Gasteiger partial charge in [0.25, 0.3) is 23.6 Å². The highest BCUT2D eigenvalue weighted by molar-refractivity contribution is 6.57. The molecule has 3 N–H and O–H groups in total. The number of carbonyl (C=O) groups excluding carboxylic acids is 4. The van der Waals surface area contributed by atoms with E-state index in [2.05, 4.69) is 0 Å². The van der Waals surface area contributed by atoms with E-state index in [1.165, 1.54) is 74.9 Å². The lowest BCUT2D eigenvalue weighted by molar-refractivity contribution is -0.0439. The molecule has 0 unspecified atom stereocenters. The zero-order valence-corrected chi connectivity index (χ0v) is 31.5. The van der Waals surface area contributed by atoms with Gasteiger partial charge in [0.05, 0.1) is 47.8 Å². The Morgan fingerprint density at radius 1 is 0.536 bits per heavy atom. The molecule has 9 rings (SSSR count). The Hall–Kier alpha value is -5.73. The number of carboxylic acids is 1. The summed E-state index contributed by atoms with van der Waals surface area (Å²) in [5.74, 6) is -4.37. The van der Waals surface area contributed by atoms with E-state index in [-0.39, 0.29) is 109 Å². The second-order valence-corrected chi connectivity index (χ2v) is 14.6. The minimum Gasteiger partial charge on any atom is -0.496 e. The Bertz CT molecular complexity index is 2920. The topological polar surface area (TPSA) is 171 Å². The SMILES string of the molecule is COc1cc(N2C(=O)c3cc(Cl)c4c5c(Cl)cc6c7c(cc(Cl)c(c8c(Cl)cc(c3c48)C2=O)c75)C(=O)N(c2ccc(C(O)O)c(OC)c2)C6=O)ccc1C(=O)O. The van der Waals surface area contributed by atoms with Crippen molar-refractivity contribution in [1.82, 2.24) is 0 Å². The number of hydrogen-bond donors (Lipinski definition) is 3. The van der Waals surface area contributed by atoms with Gasteiger partial charge in [0.2, 0.25) is 0 Å². The Labute approximate surface area is 333 Å². The maximum absolute atomic E-state index is 14.3. The normalized spacial score (nSPS) is 14.1. The van der Waals surface area contributed by atoms with E-state index in [1.54, 1.807) is 0 Å². The minimum absolute atomic E-state index is 0.0106. The summed E-state index contributed by atoms with van der Waals surface area (Å²) in [6, 6.07) is 13.4. The molecule has 16 heteroatoms. The number of nitrogens with zero attached hydrogens (tertiary/aromatic N) is 2. The average molecular weight is 830 g/mol. The van der Waals surface area contributed by atoms with Gasteiger partial charge in [-0.25, -0.2) is 14.6 Å². The Morgan fingerprint density at radius 3 is 1.23 bits per heavy atom. The first kappa shape index (κ1) is 35.9. The lowest BCUT2D eigenvalue weighted by Gasteiger charge is -2.31. The largest absolute Gasteiger partial charge is 0.496 e. The van der Waals surface area contributed by atoms with Crippen LogP contribution in [0.1, 0.15) is 63.6 Å². The van der Waals surface area contributed by atoms with Crippen molar-refractivity contribution >= 4 is 130 Å². The van der Waals surface area contributed by atoms with Crippen LogP contribution in [0.5, 0.6) is 11.5 Å². The fraction of sp³-hybridized carbons (Fsp3) is 0.0750. The van der Waals surface area contributed by atoms with Crippen LogP contribution >= 0.6 is 46.4 Å². The number of halogens is 4. The number of fused-ring (bicyclic) bond motifs is 2. The van der Waals surface area contributed by atoms with E-state index >= 15 is 0 Å². The van der Waals surface area contributed by atoms with Crippen LogP contribution < -0.4 is 19.3 Å². The molecular formula is C40H20Cl4N2O10. The number of carboxylic acid groups (broad SMARTS) is 1. The number of benzene rings is 7. The molecule has 4 amide bonds. The molecule has 0 spiro atoms. The summed E-state index contributed by atoms with van der Waals surface area (Å²) in [7, 11) is 2.56. The van der Waals surface area contributed by atoms with Crippen molar-refractivity contribution in [3.8, 4) is 11.5 Å². The highest BCUT2D eigenvalue weighted by Crippen LogP contribution is 2.54. The number of rotatable bonds is 6. The van der Waals surface area contributed by atoms with Crippen LogP contribution in [0.15, 0.2) is 60.7 Å². The molecule has 56 heavy (non-hydrogen) atoms. The van der Waals surface area contributed by atoms with Crippen LogP contribution in [-0.4, -0.2) is 59.1 Å². The van der Waals surface area contributed by atoms with Crippen LogP contribution in [0.2, 0.25) is 20.1 Å². The van der Waals surface area contributed by atoms with Gasteiger partial charge >= 0.3 is 5.97 Å². The first-order chi connectivity index (χ1) is 26.7. The molecule has 2 aliphatic rings. The maximum atomic E-state index is 14.3. The van der Waals surface area contributed by atoms with Crippen LogP contribution in [0.25, 0.3) is 43.1 Å². The highest BCUT2D eigenvalue weighted by Gasteiger charge is 2.41. The number of anilines is 2. The molecule has 0 aliphatic carbocycles. The molecule has 0 atom stereocenters. The average Bonchev–Trinajstić information content (AvgIpc) is 3.16. The third-order valence-corrected chi connectivity index (χ3v) is 11.5. The van der Waals surface area contributed by atoms with Crippen molar-refractivity contribution in [2.75, 3.05) is 24.0 Å². The number of amides is 4. The fourth-order valence-electron chi connectivity index (χ4n) is 7.98. The van der Waals surface area contributed by atoms with Crippen molar-refractivity contribution in [2.24, 2.45) is 0 Å². The molecule has 278 valence electrons. The maximum Gasteiger partial charge on any atom is 0.339 e. The second-order valence-electron chi connectivity index (χ2n) is 13.0. The summed E-state index contributed by atoms with van der Waals surface area (Å²) >= 11 is 28.3. The molecule has 0 saturated carbocycles. The summed E-state index contributed by atoms with van der Waals surface area (Å²) in [4.78, 5) is 70.8. The zero-order valence-electron chi connectivity index (χ0n) is 28.5. The van der Waals surface area contributed by atoms with Crippen LogP contribution in [0.3, 0.4) is 0 Å². The van der Waals surface area contributed by atoms with Gasteiger partial charge in [0, 0.05) is 80.9 Å².